The van der Waals surface area contributed by atoms with E-state index in [0.717, 1.165) is 38.9 Å². The lowest BCUT2D eigenvalue weighted by atomic mass is 9.98. The Morgan fingerprint density at radius 2 is 1.62 bits per heavy atom. The monoisotopic (exact) mass is 296 g/mol. The molecular formula is C16H28N2O3. The number of nitrogens with zero attached hydrogens (tertiary/aromatic N) is 2. The second kappa shape index (κ2) is 8.37. The van der Waals surface area contributed by atoms with Crippen LogP contribution in [0.1, 0.15) is 57.8 Å². The Hall–Kier alpha value is -1.10. The molecule has 2 saturated heterocycles. The molecule has 0 aliphatic carbocycles. The summed E-state index contributed by atoms with van der Waals surface area (Å²) in [5.41, 5.74) is 0. The Kier molecular flexibility index (Phi) is 6.49. The van der Waals surface area contributed by atoms with Gasteiger partial charge in [-0.15, -0.1) is 0 Å². The summed E-state index contributed by atoms with van der Waals surface area (Å²) in [6.07, 6.45) is 8.81. The number of amides is 1. The van der Waals surface area contributed by atoms with Crippen LogP contribution in [0, 0.1) is 0 Å². The maximum absolute atomic E-state index is 12.6. The Bertz CT molecular complexity index is 351. The third-order valence-corrected chi connectivity index (χ3v) is 4.70. The Balaban J connectivity index is 1.86. The maximum atomic E-state index is 12.6. The van der Waals surface area contributed by atoms with Gasteiger partial charge in [0.25, 0.3) is 0 Å². The van der Waals surface area contributed by atoms with Crippen molar-refractivity contribution in [3.05, 3.63) is 0 Å². The quantitative estimate of drug-likeness (QED) is 0.844. The Morgan fingerprint density at radius 3 is 2.29 bits per heavy atom. The molecular weight excluding hydrogens is 268 g/mol. The van der Waals surface area contributed by atoms with Crippen molar-refractivity contribution in [2.24, 2.45) is 0 Å². The van der Waals surface area contributed by atoms with Crippen molar-refractivity contribution in [1.29, 1.82) is 0 Å². The zero-order chi connectivity index (χ0) is 15.1. The van der Waals surface area contributed by atoms with Crippen LogP contribution in [-0.4, -0.2) is 59.0 Å². The molecule has 1 atom stereocenters. The van der Waals surface area contributed by atoms with Gasteiger partial charge in [0.2, 0.25) is 5.91 Å². The molecule has 0 aromatic heterocycles. The maximum Gasteiger partial charge on any atom is 0.303 e. The molecule has 2 heterocycles. The summed E-state index contributed by atoms with van der Waals surface area (Å²) < 4.78 is 0. The average molecular weight is 296 g/mol. The van der Waals surface area contributed by atoms with Crippen LogP contribution in [0.25, 0.3) is 0 Å². The van der Waals surface area contributed by atoms with E-state index >= 15 is 0 Å². The van der Waals surface area contributed by atoms with E-state index in [1.165, 1.54) is 25.7 Å². The lowest BCUT2D eigenvalue weighted by Crippen LogP contribution is -2.48. The molecule has 1 N–H and O–H groups in total. The molecule has 2 fully saturated rings. The van der Waals surface area contributed by atoms with Gasteiger partial charge in [-0.25, -0.2) is 0 Å². The van der Waals surface area contributed by atoms with Crippen molar-refractivity contribution in [2.75, 3.05) is 26.2 Å². The van der Waals surface area contributed by atoms with Crippen LogP contribution in [0.2, 0.25) is 0 Å². The molecule has 0 aromatic carbocycles. The minimum Gasteiger partial charge on any atom is -0.481 e. The van der Waals surface area contributed by atoms with Gasteiger partial charge in [0.15, 0.2) is 0 Å². The number of hydrogen-bond acceptors (Lipinski definition) is 3. The van der Waals surface area contributed by atoms with Gasteiger partial charge < -0.3 is 10.0 Å². The fraction of sp³-hybridized carbons (Fsp3) is 0.875. The highest BCUT2D eigenvalue weighted by Gasteiger charge is 2.28. The summed E-state index contributed by atoms with van der Waals surface area (Å²) in [5, 5.41) is 8.85. The predicted molar refractivity (Wildman–Crippen MR) is 81.1 cm³/mol. The third kappa shape index (κ3) is 5.30. The van der Waals surface area contributed by atoms with E-state index in [1.54, 1.807) is 0 Å². The lowest BCUT2D eigenvalue weighted by Gasteiger charge is -2.37. The van der Waals surface area contributed by atoms with Gasteiger partial charge in [0.05, 0.1) is 6.54 Å². The van der Waals surface area contributed by atoms with Crippen LogP contribution in [0.5, 0.6) is 0 Å². The summed E-state index contributed by atoms with van der Waals surface area (Å²) in [7, 11) is 0. The van der Waals surface area contributed by atoms with E-state index in [-0.39, 0.29) is 18.4 Å². The highest BCUT2D eigenvalue weighted by molar-refractivity contribution is 5.78. The molecule has 1 amide bonds. The number of carbonyl (C=O) groups is 2. The fourth-order valence-electron chi connectivity index (χ4n) is 3.50. The molecule has 0 bridgehead atoms. The van der Waals surface area contributed by atoms with Gasteiger partial charge >= 0.3 is 5.97 Å². The average Bonchev–Trinajstić information content (AvgIpc) is 2.74. The van der Waals surface area contributed by atoms with Crippen molar-refractivity contribution in [2.45, 2.75) is 63.8 Å². The highest BCUT2D eigenvalue weighted by atomic mass is 16.4. The van der Waals surface area contributed by atoms with Crippen LogP contribution in [0.4, 0.5) is 0 Å². The van der Waals surface area contributed by atoms with Gasteiger partial charge in [-0.3, -0.25) is 14.5 Å². The van der Waals surface area contributed by atoms with E-state index in [9.17, 15) is 9.59 Å². The number of rotatable bonds is 5. The highest BCUT2D eigenvalue weighted by Crippen LogP contribution is 2.21. The van der Waals surface area contributed by atoms with E-state index in [1.807, 2.05) is 4.90 Å². The second-order valence-corrected chi connectivity index (χ2v) is 6.36. The number of likely N-dealkylation sites (tertiary alicyclic amines) is 2. The number of carbonyl (C=O) groups excluding carboxylic acids is 1. The molecule has 0 spiro atoms. The topological polar surface area (TPSA) is 60.9 Å². The van der Waals surface area contributed by atoms with Gasteiger partial charge in [-0.05, 0) is 51.6 Å². The smallest absolute Gasteiger partial charge is 0.303 e. The number of aliphatic carboxylic acids is 1. The fourth-order valence-corrected chi connectivity index (χ4v) is 3.50. The van der Waals surface area contributed by atoms with Gasteiger partial charge in [0, 0.05) is 19.0 Å². The van der Waals surface area contributed by atoms with Crippen molar-refractivity contribution in [3.8, 4) is 0 Å². The van der Waals surface area contributed by atoms with Gasteiger partial charge in [-0.2, -0.15) is 0 Å². The second-order valence-electron chi connectivity index (χ2n) is 6.36. The summed E-state index contributed by atoms with van der Waals surface area (Å²) in [6, 6.07) is 0.134. The zero-order valence-electron chi connectivity index (χ0n) is 12.9. The molecule has 2 aliphatic rings. The Labute approximate surface area is 127 Å². The summed E-state index contributed by atoms with van der Waals surface area (Å²) in [4.78, 5) is 27.6. The zero-order valence-corrected chi connectivity index (χ0v) is 12.9. The number of piperidine rings is 1. The normalized spacial score (nSPS) is 24.6. The summed E-state index contributed by atoms with van der Waals surface area (Å²) >= 11 is 0. The lowest BCUT2D eigenvalue weighted by molar-refractivity contribution is -0.140. The minimum atomic E-state index is -0.763. The van der Waals surface area contributed by atoms with Crippen molar-refractivity contribution in [3.63, 3.8) is 0 Å². The summed E-state index contributed by atoms with van der Waals surface area (Å²) in [6.45, 7) is 3.37. The molecule has 2 rings (SSSR count). The number of carboxylic acids is 1. The molecule has 0 aromatic rings. The van der Waals surface area contributed by atoms with Crippen LogP contribution in [0.15, 0.2) is 0 Å². The Morgan fingerprint density at radius 1 is 0.952 bits per heavy atom. The molecule has 21 heavy (non-hydrogen) atoms. The summed E-state index contributed by atoms with van der Waals surface area (Å²) in [5.74, 6) is -0.563. The molecule has 2 aliphatic heterocycles. The third-order valence-electron chi connectivity index (χ3n) is 4.70. The minimum absolute atomic E-state index is 0.134. The van der Waals surface area contributed by atoms with Crippen LogP contribution in [-0.2, 0) is 9.59 Å². The molecule has 5 heteroatoms. The standard InChI is InChI=1S/C16H28N2O3/c19-15(13-17-10-4-1-2-5-11-17)18-12-6-3-7-14(18)8-9-16(20)21/h14H,1-13H2,(H,20,21). The molecule has 120 valence electrons. The van der Waals surface area contributed by atoms with Crippen LogP contribution >= 0.6 is 0 Å². The number of carboxylic acid groups (broad SMARTS) is 1. The SMILES string of the molecule is O=C(O)CCC1CCCCN1C(=O)CN1CCCCCC1. The molecule has 0 radical (unpaired) electrons. The first-order valence-corrected chi connectivity index (χ1v) is 8.40. The van der Waals surface area contributed by atoms with Gasteiger partial charge in [-0.1, -0.05) is 12.8 Å². The van der Waals surface area contributed by atoms with Crippen LogP contribution in [0.3, 0.4) is 0 Å². The first-order valence-electron chi connectivity index (χ1n) is 8.40. The van der Waals surface area contributed by atoms with E-state index in [0.29, 0.717) is 13.0 Å². The number of hydrogen-bond donors (Lipinski definition) is 1. The first-order chi connectivity index (χ1) is 10.2. The largest absolute Gasteiger partial charge is 0.481 e. The first kappa shape index (κ1) is 16.3. The van der Waals surface area contributed by atoms with E-state index in [4.69, 9.17) is 5.11 Å². The predicted octanol–water partition coefficient (Wildman–Crippen LogP) is 2.11. The van der Waals surface area contributed by atoms with Crippen molar-refractivity contribution < 1.29 is 14.7 Å². The van der Waals surface area contributed by atoms with Gasteiger partial charge in [0.1, 0.15) is 0 Å². The van der Waals surface area contributed by atoms with E-state index in [2.05, 4.69) is 4.90 Å². The van der Waals surface area contributed by atoms with Crippen molar-refractivity contribution in [1.82, 2.24) is 9.80 Å². The molecule has 0 saturated carbocycles. The van der Waals surface area contributed by atoms with Crippen molar-refractivity contribution >= 4 is 11.9 Å². The van der Waals surface area contributed by atoms with E-state index < -0.39 is 5.97 Å². The molecule has 1 unspecified atom stereocenters. The van der Waals surface area contributed by atoms with Crippen LogP contribution < -0.4 is 0 Å². The molecule has 5 nitrogen and oxygen atoms in total.